The van der Waals surface area contributed by atoms with Crippen molar-refractivity contribution in [2.45, 2.75) is 13.8 Å². The predicted octanol–water partition coefficient (Wildman–Crippen LogP) is -0.181. The molecule has 0 N–H and O–H groups in total. The summed E-state index contributed by atoms with van der Waals surface area (Å²) in [7, 11) is -3.19. The monoisotopic (exact) mass is 419 g/mol. The molecule has 0 radical (unpaired) electrons. The lowest BCUT2D eigenvalue weighted by atomic mass is 9.98. The number of hydrogen-bond donors (Lipinski definition) is 0. The lowest BCUT2D eigenvalue weighted by Crippen LogP contribution is -2.58. The zero-order valence-electron chi connectivity index (χ0n) is 16.8. The van der Waals surface area contributed by atoms with Crippen LogP contribution in [0, 0.1) is 19.8 Å². The zero-order valence-corrected chi connectivity index (χ0v) is 17.6. The van der Waals surface area contributed by atoms with Crippen molar-refractivity contribution in [3.05, 3.63) is 29.8 Å². The molecule has 0 saturated carbocycles. The van der Waals surface area contributed by atoms with E-state index in [4.69, 9.17) is 0 Å². The van der Waals surface area contributed by atoms with Gasteiger partial charge in [-0.05, 0) is 19.9 Å². The minimum atomic E-state index is -3.19. The number of sulfonamides is 1. The fourth-order valence-corrected chi connectivity index (χ4v) is 4.63. The van der Waals surface area contributed by atoms with Gasteiger partial charge in [0.05, 0.1) is 17.9 Å². The number of aromatic nitrogens is 4. The Hall–Kier alpha value is -2.53. The summed E-state index contributed by atoms with van der Waals surface area (Å²) in [4.78, 5) is 25.2. The average Bonchev–Trinajstić information content (AvgIpc) is 2.98. The molecule has 2 aromatic heterocycles. The molecule has 2 aliphatic rings. The second kappa shape index (κ2) is 7.38. The average molecular weight is 420 g/mol. The molecule has 0 spiro atoms. The molecular formula is C18H25N7O3S. The zero-order chi connectivity index (χ0) is 20.8. The van der Waals surface area contributed by atoms with E-state index in [1.54, 1.807) is 9.58 Å². The van der Waals surface area contributed by atoms with Crippen LogP contribution in [-0.2, 0) is 14.8 Å². The predicted molar refractivity (Wildman–Crippen MR) is 107 cm³/mol. The van der Waals surface area contributed by atoms with E-state index in [1.165, 1.54) is 16.9 Å². The number of aryl methyl sites for hydroxylation is 2. The molecule has 29 heavy (non-hydrogen) atoms. The van der Waals surface area contributed by atoms with E-state index < -0.39 is 10.0 Å². The summed E-state index contributed by atoms with van der Waals surface area (Å²) < 4.78 is 26.4. The number of hydrogen-bond acceptors (Lipinski definition) is 7. The fourth-order valence-electron chi connectivity index (χ4n) is 3.81. The van der Waals surface area contributed by atoms with Crippen LogP contribution in [0.25, 0.3) is 5.82 Å². The first kappa shape index (κ1) is 19.8. The third-order valence-corrected chi connectivity index (χ3v) is 6.74. The molecule has 0 aliphatic carbocycles. The van der Waals surface area contributed by atoms with E-state index in [-0.39, 0.29) is 11.8 Å². The van der Waals surface area contributed by atoms with E-state index in [1.807, 2.05) is 30.9 Å². The van der Waals surface area contributed by atoms with Crippen molar-refractivity contribution in [2.24, 2.45) is 5.92 Å². The molecule has 11 heteroatoms. The van der Waals surface area contributed by atoms with E-state index in [2.05, 4.69) is 15.1 Å². The summed E-state index contributed by atoms with van der Waals surface area (Å²) in [5.41, 5.74) is 1.92. The van der Waals surface area contributed by atoms with Crippen LogP contribution in [0.15, 0.2) is 18.5 Å². The molecule has 2 saturated heterocycles. The van der Waals surface area contributed by atoms with Gasteiger partial charge in [0.25, 0.3) is 0 Å². The maximum atomic E-state index is 12.7. The molecule has 2 aromatic rings. The minimum Gasteiger partial charge on any atom is -0.355 e. The molecule has 0 bridgehead atoms. The van der Waals surface area contributed by atoms with Crippen LogP contribution < -0.4 is 4.90 Å². The second-order valence-electron chi connectivity index (χ2n) is 7.66. The Morgan fingerprint density at radius 1 is 1.03 bits per heavy atom. The van der Waals surface area contributed by atoms with E-state index in [0.717, 1.165) is 17.2 Å². The molecule has 0 atom stereocenters. The maximum absolute atomic E-state index is 12.7. The summed E-state index contributed by atoms with van der Waals surface area (Å²) >= 11 is 0. The van der Waals surface area contributed by atoms with Gasteiger partial charge >= 0.3 is 0 Å². The minimum absolute atomic E-state index is 0.0854. The normalized spacial score (nSPS) is 18.7. The van der Waals surface area contributed by atoms with Gasteiger partial charge in [-0.3, -0.25) is 4.79 Å². The van der Waals surface area contributed by atoms with Gasteiger partial charge in [0.2, 0.25) is 15.9 Å². The Morgan fingerprint density at radius 3 is 2.28 bits per heavy atom. The third kappa shape index (κ3) is 3.97. The second-order valence-corrected chi connectivity index (χ2v) is 9.64. The van der Waals surface area contributed by atoms with Gasteiger partial charge in [-0.25, -0.2) is 23.1 Å². The van der Waals surface area contributed by atoms with Crippen molar-refractivity contribution in [1.29, 1.82) is 0 Å². The summed E-state index contributed by atoms with van der Waals surface area (Å²) in [6.45, 7) is 6.71. The summed E-state index contributed by atoms with van der Waals surface area (Å²) in [5.74, 6) is 1.47. The topological polar surface area (TPSA) is 105 Å². The number of piperazine rings is 1. The summed E-state index contributed by atoms with van der Waals surface area (Å²) in [5, 5.41) is 4.45. The van der Waals surface area contributed by atoms with Crippen LogP contribution in [-0.4, -0.2) is 88.8 Å². The Balaban J connectivity index is 1.36. The van der Waals surface area contributed by atoms with E-state index in [0.29, 0.717) is 45.1 Å². The van der Waals surface area contributed by atoms with Crippen molar-refractivity contribution in [1.82, 2.24) is 29.0 Å². The molecule has 2 fully saturated rings. The molecule has 0 unspecified atom stereocenters. The summed E-state index contributed by atoms with van der Waals surface area (Å²) in [6.07, 6.45) is 2.72. The molecule has 4 rings (SSSR count). The molecular weight excluding hydrogens is 394 g/mol. The van der Waals surface area contributed by atoms with Gasteiger partial charge in [-0.2, -0.15) is 9.40 Å². The van der Waals surface area contributed by atoms with Crippen LogP contribution in [0.4, 0.5) is 5.82 Å². The van der Waals surface area contributed by atoms with Crippen LogP contribution in [0.5, 0.6) is 0 Å². The SMILES string of the molecule is Cc1cc(C)n(-c2cc(N3CC(C(=O)N4CCN(S(C)(=O)=O)CC4)C3)ncn2)n1. The fraction of sp³-hybridized carbons (Fsp3) is 0.556. The molecule has 10 nitrogen and oxygen atoms in total. The highest BCUT2D eigenvalue weighted by molar-refractivity contribution is 7.88. The van der Waals surface area contributed by atoms with Gasteiger partial charge < -0.3 is 9.80 Å². The van der Waals surface area contributed by atoms with E-state index in [9.17, 15) is 13.2 Å². The number of carbonyl (C=O) groups excluding carboxylic acids is 1. The van der Waals surface area contributed by atoms with Crippen molar-refractivity contribution >= 4 is 21.7 Å². The third-order valence-electron chi connectivity index (χ3n) is 5.44. The van der Waals surface area contributed by atoms with Crippen LogP contribution in [0.3, 0.4) is 0 Å². The van der Waals surface area contributed by atoms with Gasteiger partial charge in [0.15, 0.2) is 5.82 Å². The largest absolute Gasteiger partial charge is 0.355 e. The molecule has 156 valence electrons. The lowest BCUT2D eigenvalue weighted by molar-refractivity contribution is -0.137. The van der Waals surface area contributed by atoms with Crippen molar-refractivity contribution in [2.75, 3.05) is 50.4 Å². The van der Waals surface area contributed by atoms with Gasteiger partial charge in [0.1, 0.15) is 12.1 Å². The van der Waals surface area contributed by atoms with Crippen molar-refractivity contribution in [3.63, 3.8) is 0 Å². The van der Waals surface area contributed by atoms with Crippen LogP contribution in [0.1, 0.15) is 11.4 Å². The first-order valence-corrected chi connectivity index (χ1v) is 11.4. The van der Waals surface area contributed by atoms with Crippen LogP contribution in [0.2, 0.25) is 0 Å². The summed E-state index contributed by atoms with van der Waals surface area (Å²) in [6, 6.07) is 3.87. The highest BCUT2D eigenvalue weighted by Crippen LogP contribution is 2.26. The van der Waals surface area contributed by atoms with Gasteiger partial charge in [-0.1, -0.05) is 0 Å². The van der Waals surface area contributed by atoms with Crippen molar-refractivity contribution < 1.29 is 13.2 Å². The van der Waals surface area contributed by atoms with Gasteiger partial charge in [0, 0.05) is 51.0 Å². The standard InChI is InChI=1S/C18H25N7O3S/c1-13-8-14(2)25(21-13)17-9-16(19-12-20-17)23-10-15(11-23)18(26)22-4-6-24(7-5-22)29(3,27)28/h8-9,12,15H,4-7,10-11H2,1-3H3. The quantitative estimate of drug-likeness (QED) is 0.677. The number of rotatable bonds is 4. The highest BCUT2D eigenvalue weighted by Gasteiger charge is 2.37. The Kier molecular flexibility index (Phi) is 5.03. The Bertz CT molecular complexity index is 1020. The number of carbonyl (C=O) groups is 1. The number of nitrogens with zero attached hydrogens (tertiary/aromatic N) is 7. The van der Waals surface area contributed by atoms with Crippen LogP contribution >= 0.6 is 0 Å². The number of anilines is 1. The smallest absolute Gasteiger partial charge is 0.229 e. The molecule has 0 aromatic carbocycles. The van der Waals surface area contributed by atoms with Crippen molar-refractivity contribution in [3.8, 4) is 5.82 Å². The number of amides is 1. The first-order chi connectivity index (χ1) is 13.7. The lowest BCUT2D eigenvalue weighted by Gasteiger charge is -2.43. The highest BCUT2D eigenvalue weighted by atomic mass is 32.2. The molecule has 4 heterocycles. The molecule has 2 aliphatic heterocycles. The Morgan fingerprint density at radius 2 is 1.69 bits per heavy atom. The first-order valence-electron chi connectivity index (χ1n) is 9.57. The Labute approximate surface area is 170 Å². The molecule has 1 amide bonds. The maximum Gasteiger partial charge on any atom is 0.229 e. The van der Waals surface area contributed by atoms with Gasteiger partial charge in [-0.15, -0.1) is 0 Å². The van der Waals surface area contributed by atoms with E-state index >= 15 is 0 Å².